The summed E-state index contributed by atoms with van der Waals surface area (Å²) in [4.78, 5) is 30.7. The van der Waals surface area contributed by atoms with Gasteiger partial charge in [0, 0.05) is 18.6 Å². The summed E-state index contributed by atoms with van der Waals surface area (Å²) >= 11 is 6.21. The Labute approximate surface area is 141 Å². The number of aliphatic hydroxyl groups is 1. The van der Waals surface area contributed by atoms with Gasteiger partial charge in [-0.15, -0.1) is 0 Å². The predicted octanol–water partition coefficient (Wildman–Crippen LogP) is 0.529. The second-order valence-corrected chi connectivity index (χ2v) is 5.66. The second-order valence-electron chi connectivity index (χ2n) is 5.25. The number of hydrogen-bond acceptors (Lipinski definition) is 5. The van der Waals surface area contributed by atoms with Crippen LogP contribution in [0.25, 0.3) is 11.2 Å². The van der Waals surface area contributed by atoms with Gasteiger partial charge in [-0.05, 0) is 11.6 Å². The number of halogens is 1. The van der Waals surface area contributed by atoms with E-state index in [1.54, 1.807) is 10.6 Å². The van der Waals surface area contributed by atoms with Crippen molar-refractivity contribution in [1.29, 1.82) is 0 Å². The van der Waals surface area contributed by atoms with Crippen LogP contribution in [0.15, 0.2) is 33.9 Å². The molecule has 0 saturated heterocycles. The van der Waals surface area contributed by atoms with Crippen LogP contribution in [0.3, 0.4) is 0 Å². The van der Waals surface area contributed by atoms with Crippen molar-refractivity contribution in [3.63, 3.8) is 0 Å². The molecule has 126 valence electrons. The summed E-state index contributed by atoms with van der Waals surface area (Å²) in [5.41, 5.74) is 0.265. The number of nitrogens with zero attached hydrogens (tertiary/aromatic N) is 3. The zero-order chi connectivity index (χ0) is 17.3. The van der Waals surface area contributed by atoms with Gasteiger partial charge in [0.2, 0.25) is 5.95 Å². The van der Waals surface area contributed by atoms with Crippen LogP contribution in [-0.2, 0) is 13.6 Å². The molecule has 0 aliphatic carbocycles. The van der Waals surface area contributed by atoms with Gasteiger partial charge < -0.3 is 10.4 Å². The summed E-state index contributed by atoms with van der Waals surface area (Å²) in [6.07, 6.45) is 0. The number of aliphatic hydroxyl groups excluding tert-OH is 1. The Bertz CT molecular complexity index is 1000. The summed E-state index contributed by atoms with van der Waals surface area (Å²) in [6.45, 7) is 0.466. The Hall–Kier alpha value is -2.58. The van der Waals surface area contributed by atoms with Gasteiger partial charge in [-0.1, -0.05) is 29.8 Å². The Morgan fingerprint density at radius 1 is 1.33 bits per heavy atom. The number of H-pyrrole nitrogens is 1. The highest BCUT2D eigenvalue weighted by atomic mass is 35.5. The molecule has 0 amide bonds. The van der Waals surface area contributed by atoms with Crippen molar-refractivity contribution >= 4 is 28.7 Å². The van der Waals surface area contributed by atoms with Gasteiger partial charge in [0.05, 0.1) is 13.2 Å². The maximum Gasteiger partial charge on any atom is 0.329 e. The lowest BCUT2D eigenvalue weighted by atomic mass is 10.2. The largest absolute Gasteiger partial charge is 0.395 e. The molecule has 3 N–H and O–H groups in total. The molecule has 0 radical (unpaired) electrons. The molecule has 0 atom stereocenters. The quantitative estimate of drug-likeness (QED) is 0.623. The van der Waals surface area contributed by atoms with E-state index in [9.17, 15) is 9.59 Å². The summed E-state index contributed by atoms with van der Waals surface area (Å²) in [7, 11) is 1.53. The fourth-order valence-electron chi connectivity index (χ4n) is 2.49. The highest BCUT2D eigenvalue weighted by molar-refractivity contribution is 6.31. The summed E-state index contributed by atoms with van der Waals surface area (Å²) in [5.74, 6) is 0.380. The average Bonchev–Trinajstić information content (AvgIpc) is 2.92. The monoisotopic (exact) mass is 349 g/mol. The Kier molecular flexibility index (Phi) is 4.41. The fourth-order valence-corrected chi connectivity index (χ4v) is 2.68. The minimum atomic E-state index is -0.538. The zero-order valence-corrected chi connectivity index (χ0v) is 13.7. The second kappa shape index (κ2) is 6.50. The van der Waals surface area contributed by atoms with E-state index in [1.165, 1.54) is 11.6 Å². The number of hydrogen-bond donors (Lipinski definition) is 3. The first-order valence-electron chi connectivity index (χ1n) is 7.30. The number of nitrogens with one attached hydrogen (secondary N) is 2. The van der Waals surface area contributed by atoms with E-state index in [0.717, 1.165) is 5.56 Å². The number of imidazole rings is 1. The summed E-state index contributed by atoms with van der Waals surface area (Å²) < 4.78 is 2.91. The standard InChI is InChI=1S/C15H16ClN5O3/c1-20-12-11(13(23)19-15(20)24)21(14(18-12)17-6-7-22)8-9-4-2-3-5-10(9)16/h2-5,22H,6-8H2,1H3,(H,17,18)(H,19,23,24). The van der Waals surface area contributed by atoms with Gasteiger partial charge in [-0.2, -0.15) is 4.98 Å². The first-order chi connectivity index (χ1) is 11.5. The van der Waals surface area contributed by atoms with Crippen LogP contribution in [0.1, 0.15) is 5.56 Å². The van der Waals surface area contributed by atoms with Crippen molar-refractivity contribution in [1.82, 2.24) is 19.1 Å². The van der Waals surface area contributed by atoms with Gasteiger partial charge in [-0.25, -0.2) is 4.79 Å². The minimum absolute atomic E-state index is 0.0927. The molecule has 0 spiro atoms. The van der Waals surface area contributed by atoms with Gasteiger partial charge in [0.25, 0.3) is 5.56 Å². The predicted molar refractivity (Wildman–Crippen MR) is 91.7 cm³/mol. The maximum absolute atomic E-state index is 12.3. The van der Waals surface area contributed by atoms with Crippen molar-refractivity contribution in [3.8, 4) is 0 Å². The van der Waals surface area contributed by atoms with Gasteiger partial charge in [0.15, 0.2) is 11.2 Å². The molecule has 2 heterocycles. The maximum atomic E-state index is 12.3. The number of benzene rings is 1. The van der Waals surface area contributed by atoms with E-state index in [4.69, 9.17) is 16.7 Å². The van der Waals surface area contributed by atoms with Crippen LogP contribution in [0.2, 0.25) is 5.02 Å². The molecule has 8 nitrogen and oxygen atoms in total. The van der Waals surface area contributed by atoms with E-state index in [-0.39, 0.29) is 24.3 Å². The van der Waals surface area contributed by atoms with Gasteiger partial charge in [0.1, 0.15) is 0 Å². The molecule has 0 fully saturated rings. The lowest BCUT2D eigenvalue weighted by molar-refractivity contribution is 0.310. The first-order valence-corrected chi connectivity index (χ1v) is 7.68. The van der Waals surface area contributed by atoms with Crippen LogP contribution in [0, 0.1) is 0 Å². The molecule has 0 aliphatic heterocycles. The lowest BCUT2D eigenvalue weighted by Gasteiger charge is -2.11. The SMILES string of the molecule is Cn1c(=O)[nH]c(=O)c2c1nc(NCCO)n2Cc1ccccc1Cl. The smallest absolute Gasteiger partial charge is 0.329 e. The van der Waals surface area contributed by atoms with E-state index in [0.29, 0.717) is 17.5 Å². The molecule has 3 rings (SSSR count). The van der Waals surface area contributed by atoms with E-state index in [1.807, 2.05) is 18.2 Å². The topological polar surface area (TPSA) is 105 Å². The Balaban J connectivity index is 2.23. The summed E-state index contributed by atoms with van der Waals surface area (Å²) in [5, 5.41) is 12.6. The molecular formula is C15H16ClN5O3. The van der Waals surface area contributed by atoms with Crippen LogP contribution in [-0.4, -0.2) is 37.4 Å². The third kappa shape index (κ3) is 2.81. The van der Waals surface area contributed by atoms with E-state index < -0.39 is 11.2 Å². The van der Waals surface area contributed by atoms with Gasteiger partial charge in [-0.3, -0.25) is 18.9 Å². The van der Waals surface area contributed by atoms with Crippen molar-refractivity contribution < 1.29 is 5.11 Å². The average molecular weight is 350 g/mol. The number of aromatic nitrogens is 4. The van der Waals surface area contributed by atoms with E-state index in [2.05, 4.69) is 15.3 Å². The highest BCUT2D eigenvalue weighted by Crippen LogP contribution is 2.21. The van der Waals surface area contributed by atoms with E-state index >= 15 is 0 Å². The van der Waals surface area contributed by atoms with Crippen LogP contribution in [0.5, 0.6) is 0 Å². The normalized spacial score (nSPS) is 11.1. The molecule has 2 aromatic heterocycles. The minimum Gasteiger partial charge on any atom is -0.395 e. The van der Waals surface area contributed by atoms with Crippen molar-refractivity contribution in [3.05, 3.63) is 55.7 Å². The lowest BCUT2D eigenvalue weighted by Crippen LogP contribution is -2.29. The molecule has 9 heteroatoms. The number of rotatable bonds is 5. The zero-order valence-electron chi connectivity index (χ0n) is 12.9. The van der Waals surface area contributed by atoms with Crippen molar-refractivity contribution in [2.24, 2.45) is 7.05 Å². The highest BCUT2D eigenvalue weighted by Gasteiger charge is 2.18. The van der Waals surface area contributed by atoms with Crippen LogP contribution >= 0.6 is 11.6 Å². The van der Waals surface area contributed by atoms with Crippen LogP contribution in [0.4, 0.5) is 5.95 Å². The van der Waals surface area contributed by atoms with Crippen molar-refractivity contribution in [2.45, 2.75) is 6.54 Å². The Morgan fingerprint density at radius 3 is 2.79 bits per heavy atom. The third-order valence-electron chi connectivity index (χ3n) is 3.69. The fraction of sp³-hybridized carbons (Fsp3) is 0.267. The third-order valence-corrected chi connectivity index (χ3v) is 4.06. The molecule has 24 heavy (non-hydrogen) atoms. The molecule has 0 unspecified atom stereocenters. The molecule has 3 aromatic rings. The number of fused-ring (bicyclic) bond motifs is 1. The van der Waals surface area contributed by atoms with Crippen LogP contribution < -0.4 is 16.6 Å². The summed E-state index contributed by atoms with van der Waals surface area (Å²) in [6, 6.07) is 7.28. The molecule has 1 aromatic carbocycles. The number of anilines is 1. The molecule has 0 aliphatic rings. The van der Waals surface area contributed by atoms with Gasteiger partial charge >= 0.3 is 5.69 Å². The molecule has 0 saturated carbocycles. The molecular weight excluding hydrogens is 334 g/mol. The number of aromatic amines is 1. The first kappa shape index (κ1) is 16.3. The molecule has 0 bridgehead atoms. The number of aryl methyl sites for hydroxylation is 1. The van der Waals surface area contributed by atoms with Crippen molar-refractivity contribution in [2.75, 3.05) is 18.5 Å². The Morgan fingerprint density at radius 2 is 2.08 bits per heavy atom.